The summed E-state index contributed by atoms with van der Waals surface area (Å²) in [6.45, 7) is 6.22. The van der Waals surface area contributed by atoms with E-state index >= 15 is 0 Å². The molecule has 2 rings (SSSR count). The molecule has 0 amide bonds. The molecule has 0 heterocycles. The Balaban J connectivity index is 2.51. The second kappa shape index (κ2) is 4.65. The molecule has 102 valence electrons. The lowest BCUT2D eigenvalue weighted by Crippen LogP contribution is -2.60. The van der Waals surface area contributed by atoms with E-state index in [1.54, 1.807) is 7.11 Å². The summed E-state index contributed by atoms with van der Waals surface area (Å²) in [6.07, 6.45) is 0. The largest absolute Gasteiger partial charge is 0.497 e. The number of Topliss-reactive ketones (excluding diaryl/α,β-unsaturated/α-hetero) is 1. The standard InChI is InChI=1S/C14H16Cl2O2Si/c1-18-10-7-5-9(6-8-10)11-12(15)13(17)14(11,16)19(2,3)4/h5-8H,1-4H3. The van der Waals surface area contributed by atoms with Crippen LogP contribution in [0.5, 0.6) is 5.75 Å². The maximum atomic E-state index is 12.1. The van der Waals surface area contributed by atoms with E-state index in [1.807, 2.05) is 24.3 Å². The van der Waals surface area contributed by atoms with Crippen molar-refractivity contribution >= 4 is 42.6 Å². The molecule has 1 aliphatic carbocycles. The van der Waals surface area contributed by atoms with Crippen LogP contribution >= 0.6 is 23.2 Å². The first kappa shape index (κ1) is 14.6. The van der Waals surface area contributed by atoms with Crippen LogP contribution in [0.2, 0.25) is 19.6 Å². The van der Waals surface area contributed by atoms with Gasteiger partial charge in [-0.1, -0.05) is 43.4 Å². The quantitative estimate of drug-likeness (QED) is 0.620. The van der Waals surface area contributed by atoms with Gasteiger partial charge >= 0.3 is 0 Å². The normalized spacial score (nSPS) is 23.4. The zero-order valence-corrected chi connectivity index (χ0v) is 13.9. The maximum Gasteiger partial charge on any atom is 0.196 e. The lowest BCUT2D eigenvalue weighted by Gasteiger charge is -2.45. The van der Waals surface area contributed by atoms with E-state index < -0.39 is 12.6 Å². The fourth-order valence-corrected chi connectivity index (χ4v) is 5.04. The van der Waals surface area contributed by atoms with Crippen molar-refractivity contribution in [3.63, 3.8) is 0 Å². The number of alkyl halides is 1. The predicted octanol–water partition coefficient (Wildman–Crippen LogP) is 4.08. The molecule has 0 aliphatic heterocycles. The molecule has 19 heavy (non-hydrogen) atoms. The highest BCUT2D eigenvalue weighted by atomic mass is 35.5. The van der Waals surface area contributed by atoms with Gasteiger partial charge in [-0.2, -0.15) is 0 Å². The van der Waals surface area contributed by atoms with Crippen molar-refractivity contribution in [2.24, 2.45) is 0 Å². The number of hydrogen-bond donors (Lipinski definition) is 0. The lowest BCUT2D eigenvalue weighted by atomic mass is 9.88. The minimum absolute atomic E-state index is 0.138. The van der Waals surface area contributed by atoms with Crippen LogP contribution in [0.1, 0.15) is 5.56 Å². The van der Waals surface area contributed by atoms with E-state index in [1.165, 1.54) is 0 Å². The van der Waals surface area contributed by atoms with Crippen molar-refractivity contribution in [3.8, 4) is 5.75 Å². The highest BCUT2D eigenvalue weighted by molar-refractivity contribution is 6.97. The number of carbonyl (C=O) groups excluding carboxylic acids is 1. The van der Waals surface area contributed by atoms with Crippen LogP contribution in [0, 0.1) is 0 Å². The lowest BCUT2D eigenvalue weighted by molar-refractivity contribution is -0.115. The second-order valence-electron chi connectivity index (χ2n) is 5.66. The summed E-state index contributed by atoms with van der Waals surface area (Å²) in [5.74, 6) is 0.625. The summed E-state index contributed by atoms with van der Waals surface area (Å²) in [5, 5.41) is 0.266. The highest BCUT2D eigenvalue weighted by Crippen LogP contribution is 2.53. The molecular formula is C14H16Cl2O2Si. The van der Waals surface area contributed by atoms with E-state index in [-0.39, 0.29) is 10.8 Å². The van der Waals surface area contributed by atoms with Crippen molar-refractivity contribution in [1.29, 1.82) is 0 Å². The molecule has 1 atom stereocenters. The first-order valence-electron chi connectivity index (χ1n) is 6.02. The minimum atomic E-state index is -1.93. The third kappa shape index (κ3) is 2.04. The predicted molar refractivity (Wildman–Crippen MR) is 82.7 cm³/mol. The summed E-state index contributed by atoms with van der Waals surface area (Å²) in [5.41, 5.74) is 1.66. The van der Waals surface area contributed by atoms with Crippen molar-refractivity contribution in [2.75, 3.05) is 7.11 Å². The van der Waals surface area contributed by atoms with Gasteiger partial charge in [-0.3, -0.25) is 4.79 Å². The highest BCUT2D eigenvalue weighted by Gasteiger charge is 2.60. The van der Waals surface area contributed by atoms with Crippen LogP contribution < -0.4 is 4.74 Å². The molecular weight excluding hydrogens is 299 g/mol. The SMILES string of the molecule is COc1ccc(C2=C(Cl)C(=O)C2(Cl)[Si](C)(C)C)cc1. The van der Waals surface area contributed by atoms with E-state index in [9.17, 15) is 4.79 Å². The number of rotatable bonds is 3. The van der Waals surface area contributed by atoms with Gasteiger partial charge in [0.2, 0.25) is 0 Å². The van der Waals surface area contributed by atoms with E-state index in [0.29, 0.717) is 0 Å². The van der Waals surface area contributed by atoms with E-state index in [4.69, 9.17) is 27.9 Å². The average molecular weight is 315 g/mol. The van der Waals surface area contributed by atoms with Crippen LogP contribution in [0.3, 0.4) is 0 Å². The number of methoxy groups -OCH3 is 1. The number of ether oxygens (including phenoxy) is 1. The number of hydrogen-bond acceptors (Lipinski definition) is 2. The Kier molecular flexibility index (Phi) is 3.58. The first-order chi connectivity index (χ1) is 8.73. The number of halogens is 2. The van der Waals surface area contributed by atoms with Crippen molar-refractivity contribution in [1.82, 2.24) is 0 Å². The fourth-order valence-electron chi connectivity index (χ4n) is 2.27. The summed E-state index contributed by atoms with van der Waals surface area (Å²) in [6, 6.07) is 7.47. The third-order valence-corrected chi connectivity index (χ3v) is 8.45. The third-order valence-electron chi connectivity index (χ3n) is 3.49. The first-order valence-corrected chi connectivity index (χ1v) is 10.3. The van der Waals surface area contributed by atoms with Crippen LogP contribution in [0.25, 0.3) is 5.57 Å². The molecule has 0 bridgehead atoms. The molecule has 1 unspecified atom stereocenters. The monoisotopic (exact) mass is 314 g/mol. The van der Waals surface area contributed by atoms with Crippen LogP contribution in [0.15, 0.2) is 29.3 Å². The maximum absolute atomic E-state index is 12.1. The van der Waals surface area contributed by atoms with Crippen LogP contribution in [0.4, 0.5) is 0 Å². The zero-order valence-electron chi connectivity index (χ0n) is 11.4. The smallest absolute Gasteiger partial charge is 0.196 e. The Hall–Kier alpha value is -0.773. The summed E-state index contributed by atoms with van der Waals surface area (Å²) in [4.78, 5) is 12.1. The molecule has 1 aromatic rings. The molecule has 0 spiro atoms. The van der Waals surface area contributed by atoms with Crippen molar-refractivity contribution in [3.05, 3.63) is 34.9 Å². The van der Waals surface area contributed by atoms with Gasteiger partial charge in [-0.05, 0) is 17.7 Å². The van der Waals surface area contributed by atoms with Gasteiger partial charge in [0.05, 0.1) is 20.2 Å². The molecule has 5 heteroatoms. The number of ketones is 1. The van der Waals surface area contributed by atoms with Crippen molar-refractivity contribution < 1.29 is 9.53 Å². The van der Waals surface area contributed by atoms with E-state index in [0.717, 1.165) is 16.9 Å². The van der Waals surface area contributed by atoms with Crippen LogP contribution in [-0.2, 0) is 4.79 Å². The molecule has 0 saturated carbocycles. The number of carbonyl (C=O) groups is 1. The fraction of sp³-hybridized carbons (Fsp3) is 0.357. The summed E-state index contributed by atoms with van der Waals surface area (Å²) >= 11 is 12.7. The number of allylic oxidation sites excluding steroid dienone is 2. The Morgan fingerprint density at radius 2 is 1.68 bits per heavy atom. The molecule has 0 aromatic heterocycles. The topological polar surface area (TPSA) is 26.3 Å². The van der Waals surface area contributed by atoms with Crippen molar-refractivity contribution in [2.45, 2.75) is 24.1 Å². The molecule has 0 saturated heterocycles. The second-order valence-corrected chi connectivity index (χ2v) is 12.2. The zero-order chi connectivity index (χ0) is 14.4. The van der Waals surface area contributed by atoms with E-state index in [2.05, 4.69) is 19.6 Å². The Bertz CT molecular complexity index is 558. The van der Waals surface area contributed by atoms with Crippen LogP contribution in [-0.4, -0.2) is 25.5 Å². The van der Waals surface area contributed by atoms with Gasteiger partial charge in [-0.25, -0.2) is 0 Å². The molecule has 0 N–H and O–H groups in total. The van der Waals surface area contributed by atoms with Gasteiger partial charge < -0.3 is 4.74 Å². The minimum Gasteiger partial charge on any atom is -0.497 e. The Labute approximate surface area is 124 Å². The van der Waals surface area contributed by atoms with Gasteiger partial charge in [0.15, 0.2) is 5.78 Å². The molecule has 0 fully saturated rings. The summed E-state index contributed by atoms with van der Waals surface area (Å²) < 4.78 is 4.21. The Morgan fingerprint density at radius 1 is 1.16 bits per heavy atom. The van der Waals surface area contributed by atoms with Gasteiger partial charge in [0, 0.05) is 5.57 Å². The number of benzene rings is 1. The van der Waals surface area contributed by atoms with Gasteiger partial charge in [0.25, 0.3) is 0 Å². The van der Waals surface area contributed by atoms with Gasteiger partial charge in [-0.15, -0.1) is 11.6 Å². The Morgan fingerprint density at radius 3 is 2.11 bits per heavy atom. The average Bonchev–Trinajstić information content (AvgIpc) is 2.37. The molecule has 1 aliphatic rings. The molecule has 0 radical (unpaired) electrons. The molecule has 1 aromatic carbocycles. The summed E-state index contributed by atoms with van der Waals surface area (Å²) in [7, 11) is -0.315. The van der Waals surface area contributed by atoms with Gasteiger partial charge in [0.1, 0.15) is 10.2 Å². The molecule has 2 nitrogen and oxygen atoms in total.